The summed E-state index contributed by atoms with van der Waals surface area (Å²) >= 11 is 0.300. The van der Waals surface area contributed by atoms with E-state index in [1.165, 1.54) is 0 Å². The molecule has 9 N–H and O–H groups in total. The van der Waals surface area contributed by atoms with Crippen molar-refractivity contribution in [3.05, 3.63) is 22.9 Å². The van der Waals surface area contributed by atoms with Gasteiger partial charge in [0.2, 0.25) is 0 Å². The molecule has 0 unspecified atom stereocenters. The Bertz CT molecular complexity index is 77.9. The van der Waals surface area contributed by atoms with Crippen LogP contribution in [0.25, 0.3) is 22.9 Å². The summed E-state index contributed by atoms with van der Waals surface area (Å²) < 4.78 is 8.34. The van der Waals surface area contributed by atoms with Crippen LogP contribution in [0, 0.1) is 0 Å². The van der Waals surface area contributed by atoms with Gasteiger partial charge in [0, 0.05) is 19.7 Å². The van der Waals surface area contributed by atoms with E-state index >= 15 is 0 Å². The summed E-state index contributed by atoms with van der Waals surface area (Å²) in [6.45, 7) is 3.83. The molecule has 0 aromatic heterocycles. The van der Waals surface area contributed by atoms with Gasteiger partial charge >= 0.3 is 27.5 Å². The fraction of sp³-hybridized carbons (Fsp3) is 1.00. The molecule has 0 aromatic carbocycles. The number of aliphatic hydroxyl groups excluding tert-OH is 1. The van der Waals surface area contributed by atoms with Gasteiger partial charge in [0.1, 0.15) is 0 Å². The molecule has 0 amide bonds. The van der Waals surface area contributed by atoms with Crippen LogP contribution in [-0.2, 0) is 27.5 Å². The summed E-state index contributed by atoms with van der Waals surface area (Å²) in [6.07, 6.45) is 0. The van der Waals surface area contributed by atoms with Crippen LogP contribution < -0.4 is 11.2 Å². The topological polar surface area (TPSA) is 191 Å². The van der Waals surface area contributed by atoms with E-state index in [9.17, 15) is 0 Å². The summed E-state index contributed by atoms with van der Waals surface area (Å²) in [5.41, 5.74) is 31.9. The van der Waals surface area contributed by atoms with Crippen LogP contribution in [0.2, 0.25) is 0 Å². The molecule has 0 spiro atoms. The molecule has 9 nitrogen and oxygen atoms in total. The van der Waals surface area contributed by atoms with Gasteiger partial charge in [-0.05, 0) is 6.92 Å². The molecule has 0 aliphatic carbocycles. The van der Waals surface area contributed by atoms with Crippen molar-refractivity contribution in [2.45, 2.75) is 6.92 Å². The molecule has 0 saturated heterocycles. The van der Waals surface area contributed by atoms with Crippen molar-refractivity contribution < 1.29 is 37.9 Å². The van der Waals surface area contributed by atoms with E-state index in [1.54, 1.807) is 6.92 Å². The van der Waals surface area contributed by atoms with Crippen LogP contribution in [-0.4, -0.2) is 56.2 Å². The molecule has 0 aromatic rings. The van der Waals surface area contributed by atoms with Crippen LogP contribution in [0.15, 0.2) is 0 Å². The molecule has 0 heterocycles. The van der Waals surface area contributed by atoms with Crippen molar-refractivity contribution in [1.29, 1.82) is 0 Å². The maximum absolute atomic E-state index is 8.34. The molecule has 0 aliphatic heterocycles. The predicted molar refractivity (Wildman–Crippen MR) is 69.0 cm³/mol. The number of rotatable bonds is 4. The third-order valence-electron chi connectivity index (χ3n) is 0.506. The second-order valence-electron chi connectivity index (χ2n) is 2.01. The van der Waals surface area contributed by atoms with Crippen molar-refractivity contribution >= 4 is 0 Å². The van der Waals surface area contributed by atoms with Crippen LogP contribution in [0.4, 0.5) is 0 Å². The van der Waals surface area contributed by atoms with Crippen LogP contribution >= 0.6 is 0 Å². The average Bonchev–Trinajstić information content (AvgIpc) is 2.43. The SMILES string of the molecule is CCO.NCCNO.[NH-]CC[NH-].[NH-]CC[NH-].[O]=[Zr]. The Kier molecular flexibility index (Phi) is 114. The number of nitrogens with two attached hydrogens (primary N) is 1. The first-order valence-electron chi connectivity index (χ1n) is 5.13. The first-order valence-corrected chi connectivity index (χ1v) is 6.13. The Balaban J connectivity index is -0.0000000404. The number of hydroxylamine groups is 1. The Morgan fingerprint density at radius 2 is 1.28 bits per heavy atom. The van der Waals surface area contributed by atoms with Gasteiger partial charge in [-0.2, -0.15) is 26.2 Å². The molecular formula is C8H26N6O3Zr-4. The summed E-state index contributed by atoms with van der Waals surface area (Å²) in [7, 11) is 0. The Morgan fingerprint density at radius 1 is 1.06 bits per heavy atom. The van der Waals surface area contributed by atoms with Gasteiger partial charge in [-0.3, -0.25) is 0 Å². The molecular weight excluding hydrogens is 319 g/mol. The first-order chi connectivity index (χ1) is 8.66. The monoisotopic (exact) mass is 344 g/mol. The van der Waals surface area contributed by atoms with Crippen LogP contribution in [0.3, 0.4) is 0 Å². The third kappa shape index (κ3) is 203. The third-order valence-corrected chi connectivity index (χ3v) is 0.506. The van der Waals surface area contributed by atoms with Crippen molar-refractivity contribution in [1.82, 2.24) is 5.48 Å². The first kappa shape index (κ1) is 31.0. The molecule has 10 heteroatoms. The van der Waals surface area contributed by atoms with Crippen molar-refractivity contribution in [3.63, 3.8) is 0 Å². The van der Waals surface area contributed by atoms with E-state index in [0.717, 1.165) is 0 Å². The van der Waals surface area contributed by atoms with Crippen molar-refractivity contribution in [3.8, 4) is 0 Å². The molecule has 0 bridgehead atoms. The zero-order valence-electron chi connectivity index (χ0n) is 10.8. The number of hydrogen-bond acceptors (Lipinski definition) is 5. The van der Waals surface area contributed by atoms with Gasteiger partial charge in [-0.1, -0.05) is 0 Å². The van der Waals surface area contributed by atoms with Crippen molar-refractivity contribution in [2.75, 3.05) is 45.9 Å². The van der Waals surface area contributed by atoms with E-state index in [2.05, 4.69) is 0 Å². The summed E-state index contributed by atoms with van der Waals surface area (Å²) in [5, 5.41) is 15.3. The van der Waals surface area contributed by atoms with E-state index in [0.29, 0.717) is 37.8 Å². The molecule has 0 rings (SSSR count). The molecule has 0 aliphatic rings. The fourth-order valence-corrected chi connectivity index (χ4v) is 0.0645. The Morgan fingerprint density at radius 3 is 1.28 bits per heavy atom. The van der Waals surface area contributed by atoms with E-state index in [-0.39, 0.29) is 32.8 Å². The number of hydrogen-bond donors (Lipinski definition) is 4. The second-order valence-corrected chi connectivity index (χ2v) is 2.01. The van der Waals surface area contributed by atoms with E-state index in [1.807, 2.05) is 5.48 Å². The van der Waals surface area contributed by atoms with E-state index < -0.39 is 0 Å². The Labute approximate surface area is 125 Å². The molecule has 114 valence electrons. The average molecular weight is 346 g/mol. The van der Waals surface area contributed by atoms with Crippen molar-refractivity contribution in [2.24, 2.45) is 5.73 Å². The number of nitrogens with one attached hydrogen (secondary N) is 5. The standard InChI is InChI=1S/C2H8N2O.2C2H6N2.C2H6O.O.Zr/c3-1-2-4-5;2*3-1-2-4;1-2-3;;/h4-5H,1-3H2;2*3-4H,1-2H2;3H,2H2,1H3;;/q;2*-2;;;. The summed E-state index contributed by atoms with van der Waals surface area (Å²) in [5.74, 6) is 0. The zero-order valence-corrected chi connectivity index (χ0v) is 13.3. The van der Waals surface area contributed by atoms with Gasteiger partial charge in [0.05, 0.1) is 0 Å². The molecule has 0 radical (unpaired) electrons. The molecule has 0 atom stereocenters. The normalized spacial score (nSPS) is 6.83. The Hall–Kier alpha value is 0.363. The predicted octanol–water partition coefficient (Wildman–Crippen LogP) is 0.983. The van der Waals surface area contributed by atoms with Gasteiger partial charge < -0.3 is 39.0 Å². The minimum atomic E-state index is 0.236. The van der Waals surface area contributed by atoms with Crippen LogP contribution in [0.5, 0.6) is 0 Å². The maximum atomic E-state index is 8.34. The van der Waals surface area contributed by atoms with Gasteiger partial charge in [0.25, 0.3) is 0 Å². The zero-order chi connectivity index (χ0) is 15.7. The van der Waals surface area contributed by atoms with Gasteiger partial charge in [-0.15, -0.1) is 0 Å². The van der Waals surface area contributed by atoms with Gasteiger partial charge in [-0.25, -0.2) is 5.48 Å². The van der Waals surface area contributed by atoms with E-state index in [4.69, 9.17) is 41.8 Å². The summed E-state index contributed by atoms with van der Waals surface area (Å²) in [4.78, 5) is 0. The van der Waals surface area contributed by atoms with Crippen LogP contribution in [0.1, 0.15) is 6.92 Å². The molecule has 0 saturated carbocycles. The molecule has 18 heavy (non-hydrogen) atoms. The fourth-order valence-electron chi connectivity index (χ4n) is 0.0645. The van der Waals surface area contributed by atoms with Gasteiger partial charge in [0.15, 0.2) is 0 Å². The molecule has 0 fully saturated rings. The quantitative estimate of drug-likeness (QED) is 0.551. The summed E-state index contributed by atoms with van der Waals surface area (Å²) in [6, 6.07) is 0. The number of aliphatic hydroxyl groups is 1. The minimum absolute atomic E-state index is 0.236. The second kappa shape index (κ2) is 66.5.